The van der Waals surface area contributed by atoms with Gasteiger partial charge in [0.2, 0.25) is 0 Å². The van der Waals surface area contributed by atoms with E-state index in [-0.39, 0.29) is 0 Å². The lowest BCUT2D eigenvalue weighted by molar-refractivity contribution is 0.0780. The van der Waals surface area contributed by atoms with E-state index in [2.05, 4.69) is 39.6 Å². The fourth-order valence-corrected chi connectivity index (χ4v) is 3.38. The van der Waals surface area contributed by atoms with E-state index in [1.165, 1.54) is 58.4 Å². The molecule has 0 amide bonds. The van der Waals surface area contributed by atoms with E-state index in [4.69, 9.17) is 0 Å². The SMILES string of the molecule is CC(C)(CBr)CN1CCN(C2CCCC2)CC1. The van der Waals surface area contributed by atoms with Gasteiger partial charge in [-0.15, -0.1) is 0 Å². The highest BCUT2D eigenvalue weighted by molar-refractivity contribution is 9.09. The van der Waals surface area contributed by atoms with Gasteiger partial charge in [-0.05, 0) is 18.3 Å². The average Bonchev–Trinajstić information content (AvgIpc) is 2.83. The van der Waals surface area contributed by atoms with Crippen molar-refractivity contribution >= 4 is 15.9 Å². The third kappa shape index (κ3) is 3.93. The molecule has 2 fully saturated rings. The highest BCUT2D eigenvalue weighted by Crippen LogP contribution is 2.25. The van der Waals surface area contributed by atoms with Gasteiger partial charge in [0.25, 0.3) is 0 Å². The Morgan fingerprint density at radius 2 is 1.65 bits per heavy atom. The number of hydrogen-bond acceptors (Lipinski definition) is 2. The molecule has 1 aliphatic heterocycles. The molecule has 2 aliphatic rings. The van der Waals surface area contributed by atoms with Crippen molar-refractivity contribution in [2.24, 2.45) is 5.41 Å². The summed E-state index contributed by atoms with van der Waals surface area (Å²) in [7, 11) is 0. The minimum absolute atomic E-state index is 0.412. The molecule has 0 N–H and O–H groups in total. The van der Waals surface area contributed by atoms with E-state index in [1.54, 1.807) is 0 Å². The molecule has 0 bridgehead atoms. The quantitative estimate of drug-likeness (QED) is 0.737. The minimum atomic E-state index is 0.412. The molecular weight excluding hydrogens is 276 g/mol. The van der Waals surface area contributed by atoms with E-state index < -0.39 is 0 Å². The molecular formula is C14H27BrN2. The highest BCUT2D eigenvalue weighted by atomic mass is 79.9. The number of alkyl halides is 1. The number of piperazine rings is 1. The largest absolute Gasteiger partial charge is 0.300 e. The molecule has 2 nitrogen and oxygen atoms in total. The van der Waals surface area contributed by atoms with Gasteiger partial charge in [-0.1, -0.05) is 42.6 Å². The zero-order chi connectivity index (χ0) is 12.3. The first-order valence-corrected chi connectivity index (χ1v) is 8.25. The van der Waals surface area contributed by atoms with Crippen LogP contribution in [-0.4, -0.2) is 53.9 Å². The predicted molar refractivity (Wildman–Crippen MR) is 77.8 cm³/mol. The van der Waals surface area contributed by atoms with Crippen molar-refractivity contribution in [1.82, 2.24) is 9.80 Å². The van der Waals surface area contributed by atoms with Gasteiger partial charge < -0.3 is 4.90 Å². The van der Waals surface area contributed by atoms with Crippen LogP contribution in [0.15, 0.2) is 0 Å². The van der Waals surface area contributed by atoms with Crippen molar-refractivity contribution in [2.75, 3.05) is 38.1 Å². The molecule has 0 aromatic heterocycles. The first kappa shape index (κ1) is 13.8. The van der Waals surface area contributed by atoms with Gasteiger partial charge >= 0.3 is 0 Å². The van der Waals surface area contributed by atoms with Crippen molar-refractivity contribution < 1.29 is 0 Å². The predicted octanol–water partition coefficient (Wildman–Crippen LogP) is 2.97. The van der Waals surface area contributed by atoms with Crippen molar-refractivity contribution in [2.45, 2.75) is 45.6 Å². The maximum Gasteiger partial charge on any atom is 0.0113 e. The number of hydrogen-bond donors (Lipinski definition) is 0. The molecule has 100 valence electrons. The van der Waals surface area contributed by atoms with Gasteiger partial charge in [-0.25, -0.2) is 0 Å². The van der Waals surface area contributed by atoms with E-state index in [0.717, 1.165) is 11.4 Å². The maximum absolute atomic E-state index is 3.63. The summed E-state index contributed by atoms with van der Waals surface area (Å²) >= 11 is 3.63. The molecule has 0 atom stereocenters. The van der Waals surface area contributed by atoms with Crippen molar-refractivity contribution in [1.29, 1.82) is 0 Å². The minimum Gasteiger partial charge on any atom is -0.300 e. The molecule has 1 heterocycles. The average molecular weight is 303 g/mol. The van der Waals surface area contributed by atoms with Crippen LogP contribution in [0.5, 0.6) is 0 Å². The van der Waals surface area contributed by atoms with Crippen LogP contribution in [0.3, 0.4) is 0 Å². The molecule has 0 spiro atoms. The third-order valence-corrected chi connectivity index (χ3v) is 5.78. The lowest BCUT2D eigenvalue weighted by atomic mass is 9.95. The van der Waals surface area contributed by atoms with Crippen molar-refractivity contribution in [3.63, 3.8) is 0 Å². The van der Waals surface area contributed by atoms with Crippen LogP contribution < -0.4 is 0 Å². The molecule has 0 unspecified atom stereocenters. The van der Waals surface area contributed by atoms with Crippen LogP contribution in [0.1, 0.15) is 39.5 Å². The lowest BCUT2D eigenvalue weighted by Gasteiger charge is -2.40. The Morgan fingerprint density at radius 1 is 1.06 bits per heavy atom. The Labute approximate surface area is 115 Å². The van der Waals surface area contributed by atoms with Crippen LogP contribution in [-0.2, 0) is 0 Å². The molecule has 1 saturated carbocycles. The summed E-state index contributed by atoms with van der Waals surface area (Å²) in [6.07, 6.45) is 5.82. The van der Waals surface area contributed by atoms with E-state index in [9.17, 15) is 0 Å². The van der Waals surface area contributed by atoms with Gasteiger partial charge in [0.1, 0.15) is 0 Å². The summed E-state index contributed by atoms with van der Waals surface area (Å²) in [5, 5.41) is 1.10. The second-order valence-corrected chi connectivity index (χ2v) is 7.11. The maximum atomic E-state index is 3.63. The first-order chi connectivity index (χ1) is 8.11. The van der Waals surface area contributed by atoms with Gasteiger partial charge in [0, 0.05) is 44.1 Å². The molecule has 2 rings (SSSR count). The normalized spacial score (nSPS) is 25.6. The second kappa shape index (κ2) is 6.03. The summed E-state index contributed by atoms with van der Waals surface area (Å²) in [6.45, 7) is 11.1. The standard InChI is InChI=1S/C14H27BrN2/c1-14(2,11-15)12-16-7-9-17(10-8-16)13-5-3-4-6-13/h13H,3-12H2,1-2H3. The summed E-state index contributed by atoms with van der Waals surface area (Å²) in [5.74, 6) is 0. The van der Waals surface area contributed by atoms with Crippen LogP contribution in [0, 0.1) is 5.41 Å². The Morgan fingerprint density at radius 3 is 2.18 bits per heavy atom. The molecule has 0 aromatic carbocycles. The third-order valence-electron chi connectivity index (χ3n) is 4.26. The zero-order valence-electron chi connectivity index (χ0n) is 11.4. The molecule has 3 heteroatoms. The van der Waals surface area contributed by atoms with E-state index in [1.807, 2.05) is 0 Å². The molecule has 1 aliphatic carbocycles. The summed E-state index contributed by atoms with van der Waals surface area (Å²) < 4.78 is 0. The van der Waals surface area contributed by atoms with Gasteiger partial charge in [0.05, 0.1) is 0 Å². The topological polar surface area (TPSA) is 6.48 Å². The zero-order valence-corrected chi connectivity index (χ0v) is 13.0. The lowest BCUT2D eigenvalue weighted by Crippen LogP contribution is -2.51. The monoisotopic (exact) mass is 302 g/mol. The van der Waals surface area contributed by atoms with Crippen molar-refractivity contribution in [3.05, 3.63) is 0 Å². The number of rotatable bonds is 4. The van der Waals surface area contributed by atoms with Crippen molar-refractivity contribution in [3.8, 4) is 0 Å². The van der Waals surface area contributed by atoms with Crippen LogP contribution in [0.25, 0.3) is 0 Å². The summed E-state index contributed by atoms with van der Waals surface area (Å²) in [5.41, 5.74) is 0.412. The summed E-state index contributed by atoms with van der Waals surface area (Å²) in [4.78, 5) is 5.39. The Kier molecular flexibility index (Phi) is 4.90. The fraction of sp³-hybridized carbons (Fsp3) is 1.00. The van der Waals surface area contributed by atoms with Crippen LogP contribution in [0.4, 0.5) is 0 Å². The molecule has 0 aromatic rings. The van der Waals surface area contributed by atoms with Gasteiger partial charge in [0.15, 0.2) is 0 Å². The van der Waals surface area contributed by atoms with Crippen LogP contribution >= 0.6 is 15.9 Å². The number of halogens is 1. The fourth-order valence-electron chi connectivity index (χ4n) is 3.20. The Balaban J connectivity index is 1.74. The van der Waals surface area contributed by atoms with Gasteiger partial charge in [-0.3, -0.25) is 4.90 Å². The Bertz CT molecular complexity index is 228. The highest BCUT2D eigenvalue weighted by Gasteiger charge is 2.28. The van der Waals surface area contributed by atoms with Crippen LogP contribution in [0.2, 0.25) is 0 Å². The first-order valence-electron chi connectivity index (χ1n) is 7.13. The summed E-state index contributed by atoms with van der Waals surface area (Å²) in [6, 6.07) is 0.918. The Hall–Kier alpha value is 0.400. The molecule has 17 heavy (non-hydrogen) atoms. The van der Waals surface area contributed by atoms with Gasteiger partial charge in [-0.2, -0.15) is 0 Å². The molecule has 0 radical (unpaired) electrons. The second-order valence-electron chi connectivity index (χ2n) is 6.55. The van der Waals surface area contributed by atoms with E-state index >= 15 is 0 Å². The number of nitrogens with zero attached hydrogens (tertiary/aromatic N) is 2. The van der Waals surface area contributed by atoms with E-state index in [0.29, 0.717) is 5.41 Å². The smallest absolute Gasteiger partial charge is 0.0113 e. The molecule has 1 saturated heterocycles.